The molecule has 2 rings (SSSR count). The second-order valence-electron chi connectivity index (χ2n) is 3.78. The molecule has 0 aromatic heterocycles. The number of nitrogens with one attached hydrogen (secondary N) is 1. The predicted molar refractivity (Wildman–Crippen MR) is 66.3 cm³/mol. The molecule has 1 aliphatic carbocycles. The van der Waals surface area contributed by atoms with Gasteiger partial charge in [0.15, 0.2) is 0 Å². The Bertz CT molecular complexity index is 406. The Labute approximate surface area is 104 Å². The van der Waals surface area contributed by atoms with Crippen molar-refractivity contribution in [1.29, 1.82) is 0 Å². The lowest BCUT2D eigenvalue weighted by Crippen LogP contribution is -2.32. The van der Waals surface area contributed by atoms with E-state index in [0.29, 0.717) is 10.8 Å². The molecular formula is C10H12Cl2NO2P. The van der Waals surface area contributed by atoms with Crippen LogP contribution >= 0.6 is 29.7 Å². The van der Waals surface area contributed by atoms with Crippen LogP contribution in [0.1, 0.15) is 19.3 Å². The molecule has 16 heavy (non-hydrogen) atoms. The van der Waals surface area contributed by atoms with Crippen LogP contribution in [0.4, 0.5) is 0 Å². The maximum atomic E-state index is 11.9. The first-order chi connectivity index (χ1) is 7.55. The van der Waals surface area contributed by atoms with Gasteiger partial charge in [-0.15, -0.1) is 0 Å². The average Bonchev–Trinajstić information content (AvgIpc) is 2.16. The van der Waals surface area contributed by atoms with Crippen LogP contribution in [0, 0.1) is 0 Å². The van der Waals surface area contributed by atoms with Gasteiger partial charge >= 0.3 is 6.87 Å². The normalized spacial score (nSPS) is 19.9. The minimum atomic E-state index is -3.27. The summed E-state index contributed by atoms with van der Waals surface area (Å²) in [6.45, 7) is -3.27. The molecule has 0 spiro atoms. The number of hydrogen-bond acceptors (Lipinski definition) is 2. The molecule has 0 bridgehead atoms. The molecule has 1 saturated carbocycles. The van der Waals surface area contributed by atoms with Crippen molar-refractivity contribution in [3.05, 3.63) is 29.3 Å². The summed E-state index contributed by atoms with van der Waals surface area (Å²) in [5.41, 5.74) is 0. The van der Waals surface area contributed by atoms with Gasteiger partial charge in [-0.05, 0) is 37.1 Å². The number of rotatable bonds is 4. The number of halogens is 2. The molecule has 1 N–H and O–H groups in total. The maximum absolute atomic E-state index is 11.9. The lowest BCUT2D eigenvalue weighted by Gasteiger charge is -2.28. The minimum absolute atomic E-state index is 0.218. The first-order valence-electron chi connectivity index (χ1n) is 5.08. The lowest BCUT2D eigenvalue weighted by molar-refractivity contribution is 0.369. The van der Waals surface area contributed by atoms with E-state index in [1.54, 1.807) is 24.3 Å². The third-order valence-corrected chi connectivity index (χ3v) is 4.35. The molecular weight excluding hydrogens is 268 g/mol. The SMILES string of the molecule is O=P(Cl)(NC1CCC1)Oc1ccc(Cl)cc1. The summed E-state index contributed by atoms with van der Waals surface area (Å²) in [6.07, 6.45) is 3.15. The molecule has 3 nitrogen and oxygen atoms in total. The summed E-state index contributed by atoms with van der Waals surface area (Å²) >= 11 is 11.5. The van der Waals surface area contributed by atoms with Crippen LogP contribution in [0.3, 0.4) is 0 Å². The summed E-state index contributed by atoms with van der Waals surface area (Å²) in [4.78, 5) is 0. The van der Waals surface area contributed by atoms with Gasteiger partial charge in [-0.25, -0.2) is 9.65 Å². The van der Waals surface area contributed by atoms with Crippen LogP contribution in [0.25, 0.3) is 0 Å². The number of benzene rings is 1. The van der Waals surface area contributed by atoms with E-state index in [1.807, 2.05) is 0 Å². The van der Waals surface area contributed by atoms with Crippen LogP contribution < -0.4 is 9.61 Å². The van der Waals surface area contributed by atoms with Crippen molar-refractivity contribution in [1.82, 2.24) is 5.09 Å². The average molecular weight is 280 g/mol. The van der Waals surface area contributed by atoms with Crippen molar-refractivity contribution in [3.63, 3.8) is 0 Å². The topological polar surface area (TPSA) is 38.3 Å². The van der Waals surface area contributed by atoms with E-state index < -0.39 is 6.87 Å². The standard InChI is InChI=1S/C10H12Cl2NO2P/c11-8-4-6-10(7-5-8)15-16(12,14)13-9-2-1-3-9/h4-7,9H,1-3H2,(H,13,14). The molecule has 6 heteroatoms. The Kier molecular flexibility index (Phi) is 3.81. The van der Waals surface area contributed by atoms with Crippen molar-refractivity contribution in [2.45, 2.75) is 25.3 Å². The minimum Gasteiger partial charge on any atom is -0.422 e. The Morgan fingerprint density at radius 2 is 1.94 bits per heavy atom. The highest BCUT2D eigenvalue weighted by Gasteiger charge is 2.28. The number of hydrogen-bond donors (Lipinski definition) is 1. The zero-order chi connectivity index (χ0) is 11.6. The summed E-state index contributed by atoms with van der Waals surface area (Å²) < 4.78 is 17.1. The van der Waals surface area contributed by atoms with Crippen LogP contribution in [0.2, 0.25) is 5.02 Å². The highest BCUT2D eigenvalue weighted by molar-refractivity contribution is 7.84. The summed E-state index contributed by atoms with van der Waals surface area (Å²) in [7, 11) is 0. The van der Waals surface area contributed by atoms with Gasteiger partial charge in [0.05, 0.1) is 0 Å². The van der Waals surface area contributed by atoms with E-state index in [0.717, 1.165) is 19.3 Å². The molecule has 0 heterocycles. The van der Waals surface area contributed by atoms with E-state index in [-0.39, 0.29) is 6.04 Å². The van der Waals surface area contributed by atoms with Crippen LogP contribution in [-0.4, -0.2) is 6.04 Å². The van der Waals surface area contributed by atoms with Gasteiger partial charge in [-0.3, -0.25) is 0 Å². The maximum Gasteiger partial charge on any atom is 0.409 e. The first kappa shape index (κ1) is 12.3. The van der Waals surface area contributed by atoms with Crippen molar-refractivity contribution in [2.75, 3.05) is 0 Å². The summed E-state index contributed by atoms with van der Waals surface area (Å²) in [5, 5.41) is 3.42. The highest BCUT2D eigenvalue weighted by atomic mass is 35.7. The molecule has 1 aromatic carbocycles. The molecule has 1 aromatic rings. The smallest absolute Gasteiger partial charge is 0.409 e. The van der Waals surface area contributed by atoms with E-state index in [9.17, 15) is 4.57 Å². The fourth-order valence-electron chi connectivity index (χ4n) is 1.41. The first-order valence-corrected chi connectivity index (χ1v) is 7.99. The van der Waals surface area contributed by atoms with E-state index in [1.165, 1.54) is 0 Å². The monoisotopic (exact) mass is 279 g/mol. The second-order valence-corrected chi connectivity index (χ2v) is 6.95. The molecule has 0 amide bonds. The summed E-state index contributed by atoms with van der Waals surface area (Å²) in [5.74, 6) is 0.453. The van der Waals surface area contributed by atoms with Gasteiger partial charge < -0.3 is 4.52 Å². The van der Waals surface area contributed by atoms with Crippen LogP contribution in [0.5, 0.6) is 5.75 Å². The lowest BCUT2D eigenvalue weighted by atomic mass is 9.94. The fourth-order valence-corrected chi connectivity index (χ4v) is 3.33. The molecule has 1 unspecified atom stereocenters. The van der Waals surface area contributed by atoms with Crippen molar-refractivity contribution in [3.8, 4) is 5.75 Å². The van der Waals surface area contributed by atoms with Crippen LogP contribution in [-0.2, 0) is 4.57 Å². The Hall–Kier alpha value is -0.210. The van der Waals surface area contributed by atoms with E-state index in [2.05, 4.69) is 5.09 Å². The van der Waals surface area contributed by atoms with Crippen molar-refractivity contribution < 1.29 is 9.09 Å². The van der Waals surface area contributed by atoms with Gasteiger partial charge in [0.1, 0.15) is 5.75 Å². The van der Waals surface area contributed by atoms with E-state index in [4.69, 9.17) is 27.4 Å². The van der Waals surface area contributed by atoms with Crippen LogP contribution in [0.15, 0.2) is 24.3 Å². The molecule has 1 aliphatic rings. The zero-order valence-corrected chi connectivity index (χ0v) is 10.9. The molecule has 88 valence electrons. The van der Waals surface area contributed by atoms with Gasteiger partial charge in [0.2, 0.25) is 0 Å². The highest BCUT2D eigenvalue weighted by Crippen LogP contribution is 2.50. The van der Waals surface area contributed by atoms with E-state index >= 15 is 0 Å². The second kappa shape index (κ2) is 4.97. The largest absolute Gasteiger partial charge is 0.422 e. The van der Waals surface area contributed by atoms with Gasteiger partial charge in [0.25, 0.3) is 0 Å². The third kappa shape index (κ3) is 3.39. The van der Waals surface area contributed by atoms with Gasteiger partial charge in [-0.1, -0.05) is 18.0 Å². The molecule has 1 fully saturated rings. The predicted octanol–water partition coefficient (Wildman–Crippen LogP) is 4.21. The Morgan fingerprint density at radius 1 is 1.31 bits per heavy atom. The van der Waals surface area contributed by atoms with Crippen molar-refractivity contribution in [2.24, 2.45) is 0 Å². The fraction of sp³-hybridized carbons (Fsp3) is 0.400. The third-order valence-electron chi connectivity index (χ3n) is 2.48. The zero-order valence-electron chi connectivity index (χ0n) is 8.53. The van der Waals surface area contributed by atoms with Crippen molar-refractivity contribution >= 4 is 29.7 Å². The molecule has 1 atom stereocenters. The summed E-state index contributed by atoms with van der Waals surface area (Å²) in [6, 6.07) is 6.82. The molecule has 0 saturated heterocycles. The molecule has 0 aliphatic heterocycles. The molecule has 0 radical (unpaired) electrons. The quantitative estimate of drug-likeness (QED) is 0.839. The Balaban J connectivity index is 1.96. The van der Waals surface area contributed by atoms with Gasteiger partial charge in [-0.2, -0.15) is 0 Å². The van der Waals surface area contributed by atoms with Gasteiger partial charge in [0, 0.05) is 22.3 Å². The Morgan fingerprint density at radius 3 is 2.44 bits per heavy atom.